The molecule has 0 unspecified atom stereocenters. The molecule has 2 N–H and O–H groups in total. The monoisotopic (exact) mass is 311 g/mol. The summed E-state index contributed by atoms with van der Waals surface area (Å²) in [7, 11) is 0. The Morgan fingerprint density at radius 2 is 2.17 bits per heavy atom. The van der Waals surface area contributed by atoms with Gasteiger partial charge in [-0.05, 0) is 12.0 Å². The lowest BCUT2D eigenvalue weighted by Gasteiger charge is -2.12. The number of carbonyl (C=O) groups is 1. The number of aromatic nitrogens is 4. The van der Waals surface area contributed by atoms with Gasteiger partial charge in [-0.2, -0.15) is 0 Å². The van der Waals surface area contributed by atoms with Crippen LogP contribution in [-0.2, 0) is 6.54 Å². The summed E-state index contributed by atoms with van der Waals surface area (Å²) in [6.45, 7) is 4.19. The van der Waals surface area contributed by atoms with Crippen LogP contribution in [-0.4, -0.2) is 25.3 Å². The molecule has 0 atom stereocenters. The third-order valence-electron chi connectivity index (χ3n) is 3.60. The molecule has 7 heteroatoms. The number of fused-ring (bicyclic) bond motifs is 1. The van der Waals surface area contributed by atoms with Crippen LogP contribution in [0.15, 0.2) is 41.7 Å². The zero-order chi connectivity index (χ0) is 16.4. The zero-order valence-corrected chi connectivity index (χ0v) is 12.9. The first kappa shape index (κ1) is 15.0. The fourth-order valence-electron chi connectivity index (χ4n) is 2.44. The number of nitrogens with zero attached hydrogens (tertiary/aromatic N) is 3. The fraction of sp³-hybridized carbons (Fsp3) is 0.250. The third-order valence-corrected chi connectivity index (χ3v) is 3.60. The molecular formula is C16H17N5O2. The summed E-state index contributed by atoms with van der Waals surface area (Å²) in [6.07, 6.45) is 6.82. The molecule has 0 aliphatic carbocycles. The van der Waals surface area contributed by atoms with Gasteiger partial charge in [0.2, 0.25) is 5.56 Å². The first-order valence-corrected chi connectivity index (χ1v) is 7.33. The van der Waals surface area contributed by atoms with Crippen LogP contribution in [0.3, 0.4) is 0 Å². The van der Waals surface area contributed by atoms with Crippen molar-refractivity contribution in [1.82, 2.24) is 24.7 Å². The van der Waals surface area contributed by atoms with Crippen molar-refractivity contribution < 1.29 is 4.79 Å². The number of pyridine rings is 1. The molecule has 0 saturated heterocycles. The van der Waals surface area contributed by atoms with Crippen molar-refractivity contribution in [2.24, 2.45) is 0 Å². The molecule has 0 aliphatic rings. The number of hydrogen-bond donors (Lipinski definition) is 2. The number of rotatable bonds is 4. The van der Waals surface area contributed by atoms with Crippen molar-refractivity contribution in [3.8, 4) is 0 Å². The van der Waals surface area contributed by atoms with Gasteiger partial charge in [0.1, 0.15) is 0 Å². The van der Waals surface area contributed by atoms with E-state index < -0.39 is 0 Å². The molecular weight excluding hydrogens is 294 g/mol. The maximum atomic E-state index is 12.4. The van der Waals surface area contributed by atoms with E-state index >= 15 is 0 Å². The summed E-state index contributed by atoms with van der Waals surface area (Å²) < 4.78 is 1.86. The minimum atomic E-state index is -0.228. The van der Waals surface area contributed by atoms with Gasteiger partial charge in [-0.25, -0.2) is 4.98 Å². The Morgan fingerprint density at radius 3 is 2.96 bits per heavy atom. The molecule has 0 fully saturated rings. The Hall–Kier alpha value is -2.96. The molecule has 7 nitrogen and oxygen atoms in total. The number of aromatic amines is 1. The molecule has 0 saturated carbocycles. The minimum Gasteiger partial charge on any atom is -0.346 e. The van der Waals surface area contributed by atoms with Crippen LogP contribution in [0.25, 0.3) is 5.65 Å². The minimum absolute atomic E-state index is 0.0477. The normalized spacial score (nSPS) is 11.1. The van der Waals surface area contributed by atoms with Crippen LogP contribution in [0.4, 0.5) is 0 Å². The Morgan fingerprint density at radius 1 is 1.35 bits per heavy atom. The second kappa shape index (κ2) is 6.04. The van der Waals surface area contributed by atoms with E-state index in [4.69, 9.17) is 0 Å². The molecule has 0 bridgehead atoms. The summed E-state index contributed by atoms with van der Waals surface area (Å²) in [5, 5.41) is 2.87. The largest absolute Gasteiger partial charge is 0.346 e. The first-order valence-electron chi connectivity index (χ1n) is 7.33. The Balaban J connectivity index is 1.81. The Kier molecular flexibility index (Phi) is 3.92. The van der Waals surface area contributed by atoms with Crippen molar-refractivity contribution in [1.29, 1.82) is 0 Å². The van der Waals surface area contributed by atoms with Crippen LogP contribution >= 0.6 is 0 Å². The lowest BCUT2D eigenvalue weighted by Crippen LogP contribution is -2.26. The molecule has 3 aromatic heterocycles. The molecule has 3 heterocycles. The predicted octanol–water partition coefficient (Wildman–Crippen LogP) is 1.47. The van der Waals surface area contributed by atoms with Gasteiger partial charge in [-0.15, -0.1) is 0 Å². The van der Waals surface area contributed by atoms with E-state index in [1.807, 2.05) is 18.2 Å². The molecule has 0 aliphatic heterocycles. The highest BCUT2D eigenvalue weighted by molar-refractivity contribution is 5.95. The molecule has 1 amide bonds. The van der Waals surface area contributed by atoms with Gasteiger partial charge >= 0.3 is 0 Å². The summed E-state index contributed by atoms with van der Waals surface area (Å²) in [6, 6.07) is 2.92. The average Bonchev–Trinajstić information content (AvgIpc) is 2.95. The van der Waals surface area contributed by atoms with E-state index in [1.165, 1.54) is 6.07 Å². The summed E-state index contributed by atoms with van der Waals surface area (Å²) in [5.74, 6) is -0.180. The topological polar surface area (TPSA) is 92.1 Å². The van der Waals surface area contributed by atoms with E-state index in [9.17, 15) is 9.59 Å². The molecule has 0 radical (unpaired) electrons. The maximum absolute atomic E-state index is 12.4. The van der Waals surface area contributed by atoms with E-state index in [2.05, 4.69) is 20.3 Å². The number of imidazole rings is 1. The van der Waals surface area contributed by atoms with Crippen molar-refractivity contribution in [3.05, 3.63) is 64.2 Å². The summed E-state index contributed by atoms with van der Waals surface area (Å²) >= 11 is 0. The zero-order valence-electron chi connectivity index (χ0n) is 12.9. The van der Waals surface area contributed by atoms with Crippen LogP contribution in [0.2, 0.25) is 0 Å². The van der Waals surface area contributed by atoms with Gasteiger partial charge in [0.25, 0.3) is 5.91 Å². The summed E-state index contributed by atoms with van der Waals surface area (Å²) in [5.41, 5.74) is 2.49. The van der Waals surface area contributed by atoms with Crippen LogP contribution < -0.4 is 10.9 Å². The quantitative estimate of drug-likeness (QED) is 0.763. The summed E-state index contributed by atoms with van der Waals surface area (Å²) in [4.78, 5) is 34.9. The van der Waals surface area contributed by atoms with Crippen LogP contribution in [0.1, 0.15) is 41.5 Å². The van der Waals surface area contributed by atoms with Gasteiger partial charge in [0.05, 0.1) is 30.2 Å². The van der Waals surface area contributed by atoms with E-state index in [0.29, 0.717) is 17.8 Å². The molecule has 3 rings (SSSR count). The number of nitrogens with one attached hydrogen (secondary N) is 2. The van der Waals surface area contributed by atoms with Crippen LogP contribution in [0, 0.1) is 0 Å². The van der Waals surface area contributed by atoms with Crippen molar-refractivity contribution in [2.75, 3.05) is 0 Å². The van der Waals surface area contributed by atoms with E-state index in [-0.39, 0.29) is 17.4 Å². The van der Waals surface area contributed by atoms with Gasteiger partial charge in [0.15, 0.2) is 5.65 Å². The standard InChI is InChI=1S/C16H17N5O2/c1-10(2)15-12(3-4-14(22)20-15)16(23)19-8-11-7-18-13-9-17-5-6-21(11)13/h3-7,9-10H,8H2,1-2H3,(H,19,23)(H,20,22). The number of H-pyrrole nitrogens is 1. The van der Waals surface area contributed by atoms with Gasteiger partial charge in [0, 0.05) is 24.2 Å². The van der Waals surface area contributed by atoms with E-state index in [1.54, 1.807) is 30.9 Å². The van der Waals surface area contributed by atoms with Crippen molar-refractivity contribution >= 4 is 11.6 Å². The highest BCUT2D eigenvalue weighted by Gasteiger charge is 2.15. The van der Waals surface area contributed by atoms with Gasteiger partial charge < -0.3 is 10.3 Å². The van der Waals surface area contributed by atoms with Gasteiger partial charge in [-0.3, -0.25) is 19.0 Å². The SMILES string of the molecule is CC(C)c1[nH]c(=O)ccc1C(=O)NCc1cnc2cnccn12. The molecule has 0 aromatic carbocycles. The average molecular weight is 311 g/mol. The Labute approximate surface area is 132 Å². The van der Waals surface area contributed by atoms with Crippen molar-refractivity contribution in [3.63, 3.8) is 0 Å². The van der Waals surface area contributed by atoms with Crippen LogP contribution in [0.5, 0.6) is 0 Å². The molecule has 0 spiro atoms. The second-order valence-corrected chi connectivity index (χ2v) is 5.54. The molecule has 118 valence electrons. The number of carbonyl (C=O) groups excluding carboxylic acids is 1. The lowest BCUT2D eigenvalue weighted by atomic mass is 10.0. The highest BCUT2D eigenvalue weighted by Crippen LogP contribution is 2.15. The van der Waals surface area contributed by atoms with E-state index in [0.717, 1.165) is 11.3 Å². The maximum Gasteiger partial charge on any atom is 0.253 e. The number of amides is 1. The molecule has 3 aromatic rings. The second-order valence-electron chi connectivity index (χ2n) is 5.54. The third kappa shape index (κ3) is 2.98. The van der Waals surface area contributed by atoms with Crippen molar-refractivity contribution in [2.45, 2.75) is 26.3 Å². The molecule has 23 heavy (non-hydrogen) atoms. The fourth-order valence-corrected chi connectivity index (χ4v) is 2.44. The number of hydrogen-bond acceptors (Lipinski definition) is 4. The Bertz CT molecular complexity index is 910. The predicted molar refractivity (Wildman–Crippen MR) is 85.3 cm³/mol. The van der Waals surface area contributed by atoms with Gasteiger partial charge in [-0.1, -0.05) is 13.8 Å². The lowest BCUT2D eigenvalue weighted by molar-refractivity contribution is 0.0948. The smallest absolute Gasteiger partial charge is 0.253 e. The highest BCUT2D eigenvalue weighted by atomic mass is 16.1. The first-order chi connectivity index (χ1) is 11.1.